The molecule has 15 heteroatoms. The summed E-state index contributed by atoms with van der Waals surface area (Å²) in [5, 5.41) is 11.9. The maximum Gasteiger partial charge on any atom is 0.311 e. The minimum absolute atomic E-state index is 0.0855. The molecule has 6 heterocycles. The van der Waals surface area contributed by atoms with E-state index in [1.165, 1.54) is 11.7 Å². The molecule has 5 aromatic rings. The molecule has 2 saturated heterocycles. The number of carbonyl (C=O) groups is 2. The normalized spacial score (nSPS) is 16.3. The molecular formula is C36H36Cl2N8O5. The Morgan fingerprint density at radius 1 is 1.06 bits per heavy atom. The highest BCUT2D eigenvalue weighted by Gasteiger charge is 2.34. The van der Waals surface area contributed by atoms with Gasteiger partial charge < -0.3 is 20.1 Å². The Bertz CT molecular complexity index is 2210. The number of nitrogens with zero attached hydrogens (tertiary/aromatic N) is 6. The Labute approximate surface area is 303 Å². The van der Waals surface area contributed by atoms with Crippen molar-refractivity contribution >= 4 is 40.6 Å². The van der Waals surface area contributed by atoms with Crippen molar-refractivity contribution in [1.29, 1.82) is 0 Å². The van der Waals surface area contributed by atoms with Crippen LogP contribution >= 0.6 is 23.2 Å². The molecule has 0 radical (unpaired) electrons. The minimum atomic E-state index is -0.234. The predicted octanol–water partition coefficient (Wildman–Crippen LogP) is 4.11. The van der Waals surface area contributed by atoms with Crippen LogP contribution in [-0.2, 0) is 34.5 Å². The van der Waals surface area contributed by atoms with Crippen molar-refractivity contribution in [3.8, 4) is 39.5 Å². The first-order chi connectivity index (χ1) is 24.6. The molecule has 0 aliphatic carbocycles. The van der Waals surface area contributed by atoms with Crippen LogP contribution in [0.2, 0.25) is 10.0 Å². The van der Waals surface area contributed by atoms with Gasteiger partial charge in [-0.15, -0.1) is 0 Å². The average molecular weight is 732 g/mol. The fourth-order valence-corrected chi connectivity index (χ4v) is 7.24. The Kier molecular flexibility index (Phi) is 9.79. The molecule has 0 spiro atoms. The van der Waals surface area contributed by atoms with Gasteiger partial charge in [0.15, 0.2) is 0 Å². The molecule has 0 unspecified atom stereocenters. The molecular weight excluding hydrogens is 695 g/mol. The summed E-state index contributed by atoms with van der Waals surface area (Å²) in [6.07, 6.45) is 4.77. The number of carbonyl (C=O) groups excluding carboxylic acids is 2. The number of rotatable bonds is 11. The number of likely N-dealkylation sites (tertiary alicyclic amines) is 1. The van der Waals surface area contributed by atoms with Gasteiger partial charge in [0.2, 0.25) is 11.8 Å². The Morgan fingerprint density at radius 2 is 1.84 bits per heavy atom. The molecule has 1 amide bonds. The zero-order valence-electron chi connectivity index (χ0n) is 28.3. The molecule has 7 rings (SSSR count). The number of methoxy groups -OCH3 is 2. The summed E-state index contributed by atoms with van der Waals surface area (Å²) in [5.41, 5.74) is 4.81. The lowest BCUT2D eigenvalue weighted by Gasteiger charge is -2.37. The Hall–Kier alpha value is -4.82. The molecule has 4 aromatic heterocycles. The van der Waals surface area contributed by atoms with Crippen LogP contribution < -0.4 is 20.9 Å². The van der Waals surface area contributed by atoms with Crippen molar-refractivity contribution in [2.45, 2.75) is 32.0 Å². The van der Waals surface area contributed by atoms with Gasteiger partial charge in [-0.05, 0) is 24.6 Å². The number of esters is 1. The third kappa shape index (κ3) is 6.81. The van der Waals surface area contributed by atoms with Crippen LogP contribution in [0.4, 0.5) is 0 Å². The van der Waals surface area contributed by atoms with E-state index in [2.05, 4.69) is 15.6 Å². The van der Waals surface area contributed by atoms with Gasteiger partial charge in [-0.1, -0.05) is 47.5 Å². The molecule has 2 aliphatic rings. The van der Waals surface area contributed by atoms with E-state index in [0.717, 1.165) is 12.0 Å². The number of halogens is 2. The fourth-order valence-electron chi connectivity index (χ4n) is 6.59. The molecule has 0 bridgehead atoms. The molecule has 2 fully saturated rings. The van der Waals surface area contributed by atoms with Crippen LogP contribution in [0.1, 0.15) is 24.2 Å². The topological polar surface area (TPSA) is 145 Å². The second-order valence-electron chi connectivity index (χ2n) is 12.7. The summed E-state index contributed by atoms with van der Waals surface area (Å²) in [6.45, 7) is 2.69. The van der Waals surface area contributed by atoms with Gasteiger partial charge in [0.05, 0.1) is 48.1 Å². The molecule has 0 saturated carbocycles. The smallest absolute Gasteiger partial charge is 0.311 e. The lowest BCUT2D eigenvalue weighted by atomic mass is 10.00. The van der Waals surface area contributed by atoms with Crippen LogP contribution in [0.15, 0.2) is 59.7 Å². The van der Waals surface area contributed by atoms with Crippen molar-refractivity contribution in [3.05, 3.63) is 86.6 Å². The fraction of sp³-hybridized carbons (Fsp3) is 0.333. The summed E-state index contributed by atoms with van der Waals surface area (Å²) < 4.78 is 13.5. The molecule has 1 aromatic carbocycles. The number of hydrogen-bond donors (Lipinski definition) is 2. The van der Waals surface area contributed by atoms with Gasteiger partial charge in [-0.2, -0.15) is 5.10 Å². The lowest BCUT2D eigenvalue weighted by molar-refractivity contribution is -0.151. The van der Waals surface area contributed by atoms with E-state index in [9.17, 15) is 14.4 Å². The maximum absolute atomic E-state index is 13.4. The molecule has 2 aliphatic heterocycles. The van der Waals surface area contributed by atoms with E-state index in [0.29, 0.717) is 100 Å². The molecule has 2 N–H and O–H groups in total. The first-order valence-electron chi connectivity index (χ1n) is 16.5. The summed E-state index contributed by atoms with van der Waals surface area (Å²) in [4.78, 5) is 48.1. The second-order valence-corrected chi connectivity index (χ2v) is 13.5. The molecule has 1 atom stereocenters. The van der Waals surface area contributed by atoms with E-state index >= 15 is 0 Å². The standard InChI is InChI=1S/C36H36Cl2N8O5/c1-44-29(19-45-16-22(17-45)36(49)51-3)43-46-18-21(13-28(46)35(44)48)33-32(38)25(11-12-40-33)24-5-4-6-26(31(24)37)27-9-7-20(34(42-27)50-2)14-39-15-23-8-10-30(47)41-23/h4-7,9,11-13,18,22-23,39H,8,10,14-17,19H2,1-3H3,(H,41,47)/t23-/m0/s1. The SMILES string of the molecule is COC(=O)C1CN(Cc2nn3cc(-c4nccc(-c5cccc(-c6ccc(CNC[C@@H]7CCC(=O)N7)c(OC)n6)c5Cl)c4Cl)cc3c(=O)n2C)C1. The summed E-state index contributed by atoms with van der Waals surface area (Å²) in [6, 6.07) is 13.2. The van der Waals surface area contributed by atoms with Gasteiger partial charge in [-0.3, -0.25) is 28.8 Å². The Balaban J connectivity index is 1.14. The highest BCUT2D eigenvalue weighted by Crippen LogP contribution is 2.41. The number of benzene rings is 1. The lowest BCUT2D eigenvalue weighted by Crippen LogP contribution is -2.50. The number of ether oxygens (including phenoxy) is 2. The Morgan fingerprint density at radius 3 is 2.59 bits per heavy atom. The van der Waals surface area contributed by atoms with Gasteiger partial charge in [-0.25, -0.2) is 9.50 Å². The van der Waals surface area contributed by atoms with E-state index in [1.54, 1.807) is 43.2 Å². The highest BCUT2D eigenvalue weighted by atomic mass is 35.5. The monoisotopic (exact) mass is 730 g/mol. The van der Waals surface area contributed by atoms with Crippen LogP contribution in [0.5, 0.6) is 5.88 Å². The van der Waals surface area contributed by atoms with Crippen LogP contribution in [0.3, 0.4) is 0 Å². The number of hydrogen-bond acceptors (Lipinski definition) is 10. The number of fused-ring (bicyclic) bond motifs is 1. The highest BCUT2D eigenvalue weighted by molar-refractivity contribution is 6.39. The third-order valence-electron chi connectivity index (χ3n) is 9.44. The number of amides is 1. The predicted molar refractivity (Wildman–Crippen MR) is 193 cm³/mol. The molecule has 264 valence electrons. The zero-order chi connectivity index (χ0) is 35.8. The zero-order valence-corrected chi connectivity index (χ0v) is 29.8. The van der Waals surface area contributed by atoms with Crippen molar-refractivity contribution in [3.63, 3.8) is 0 Å². The largest absolute Gasteiger partial charge is 0.481 e. The number of nitrogens with one attached hydrogen (secondary N) is 2. The first-order valence-corrected chi connectivity index (χ1v) is 17.3. The van der Waals surface area contributed by atoms with Crippen molar-refractivity contribution in [1.82, 2.24) is 39.7 Å². The minimum Gasteiger partial charge on any atom is -0.481 e. The van der Waals surface area contributed by atoms with Crippen molar-refractivity contribution in [2.24, 2.45) is 13.0 Å². The third-order valence-corrected chi connectivity index (χ3v) is 10.2. The number of aromatic nitrogens is 5. The molecule has 51 heavy (non-hydrogen) atoms. The summed E-state index contributed by atoms with van der Waals surface area (Å²) in [7, 11) is 4.64. The summed E-state index contributed by atoms with van der Waals surface area (Å²) >= 11 is 14.1. The van der Waals surface area contributed by atoms with Gasteiger partial charge in [0.1, 0.15) is 11.3 Å². The van der Waals surface area contributed by atoms with Crippen LogP contribution in [0, 0.1) is 5.92 Å². The van der Waals surface area contributed by atoms with Gasteiger partial charge >= 0.3 is 5.97 Å². The van der Waals surface area contributed by atoms with Crippen molar-refractivity contribution in [2.75, 3.05) is 33.9 Å². The van der Waals surface area contributed by atoms with E-state index < -0.39 is 0 Å². The van der Waals surface area contributed by atoms with E-state index in [-0.39, 0.29) is 29.4 Å². The van der Waals surface area contributed by atoms with E-state index in [4.69, 9.17) is 42.8 Å². The quantitative estimate of drug-likeness (QED) is 0.191. The van der Waals surface area contributed by atoms with Gasteiger partial charge in [0, 0.05) is 85.9 Å². The van der Waals surface area contributed by atoms with Gasteiger partial charge in [0.25, 0.3) is 5.56 Å². The summed E-state index contributed by atoms with van der Waals surface area (Å²) in [5.74, 6) is 0.711. The first kappa shape index (κ1) is 34.6. The van der Waals surface area contributed by atoms with Crippen LogP contribution in [0.25, 0.3) is 39.2 Å². The van der Waals surface area contributed by atoms with Crippen LogP contribution in [-0.4, -0.2) is 80.8 Å². The second kappa shape index (κ2) is 14.4. The van der Waals surface area contributed by atoms with E-state index in [1.807, 2.05) is 35.2 Å². The molecule has 13 nitrogen and oxygen atoms in total. The van der Waals surface area contributed by atoms with Crippen molar-refractivity contribution < 1.29 is 19.1 Å². The number of pyridine rings is 2. The maximum atomic E-state index is 13.4. The average Bonchev–Trinajstić information content (AvgIpc) is 3.74.